The summed E-state index contributed by atoms with van der Waals surface area (Å²) < 4.78 is 11.5. The minimum absolute atomic E-state index is 0.0577. The number of amides is 1. The third-order valence-corrected chi connectivity index (χ3v) is 6.68. The lowest BCUT2D eigenvalue weighted by Gasteiger charge is -2.26. The van der Waals surface area contributed by atoms with Gasteiger partial charge >= 0.3 is 0 Å². The molecule has 0 radical (unpaired) electrons. The molecule has 6 nitrogen and oxygen atoms in total. The van der Waals surface area contributed by atoms with Crippen molar-refractivity contribution < 1.29 is 24.2 Å². The molecule has 0 bridgehead atoms. The van der Waals surface area contributed by atoms with Crippen LogP contribution in [0.3, 0.4) is 0 Å². The van der Waals surface area contributed by atoms with Crippen molar-refractivity contribution in [2.24, 2.45) is 0 Å². The number of rotatable bonds is 7. The van der Waals surface area contributed by atoms with Gasteiger partial charge in [0.25, 0.3) is 11.7 Å². The van der Waals surface area contributed by atoms with E-state index in [1.165, 1.54) is 0 Å². The maximum absolute atomic E-state index is 13.4. The lowest BCUT2D eigenvalue weighted by atomic mass is 9.94. The van der Waals surface area contributed by atoms with Gasteiger partial charge in [-0.15, -0.1) is 0 Å². The molecule has 2 aliphatic heterocycles. The molecule has 3 aromatic rings. The molecule has 5 rings (SSSR count). The van der Waals surface area contributed by atoms with Crippen LogP contribution in [0.1, 0.15) is 42.1 Å². The van der Waals surface area contributed by atoms with Gasteiger partial charge in [-0.3, -0.25) is 9.59 Å². The molecule has 1 saturated heterocycles. The lowest BCUT2D eigenvalue weighted by Crippen LogP contribution is -2.31. The van der Waals surface area contributed by atoms with Crippen molar-refractivity contribution in [1.29, 1.82) is 0 Å². The second kappa shape index (κ2) is 9.90. The maximum Gasteiger partial charge on any atom is 0.295 e. The van der Waals surface area contributed by atoms with Gasteiger partial charge in [-0.2, -0.15) is 0 Å². The Morgan fingerprint density at radius 3 is 2.64 bits per heavy atom. The number of ether oxygens (including phenoxy) is 2. The van der Waals surface area contributed by atoms with Crippen LogP contribution in [0.4, 0.5) is 0 Å². The molecule has 0 unspecified atom stereocenters. The summed E-state index contributed by atoms with van der Waals surface area (Å²) in [5.41, 5.74) is 3.34. The first kappa shape index (κ1) is 23.7. The number of nitrogens with zero attached hydrogens (tertiary/aromatic N) is 1. The summed E-state index contributed by atoms with van der Waals surface area (Å²) in [4.78, 5) is 28.2. The molecule has 2 aliphatic rings. The predicted molar refractivity (Wildman–Crippen MR) is 137 cm³/mol. The van der Waals surface area contributed by atoms with Crippen molar-refractivity contribution >= 4 is 17.4 Å². The van der Waals surface area contributed by atoms with E-state index in [-0.39, 0.29) is 17.4 Å². The monoisotopic (exact) mass is 483 g/mol. The first-order chi connectivity index (χ1) is 17.5. The van der Waals surface area contributed by atoms with Crippen LogP contribution in [0, 0.1) is 0 Å². The van der Waals surface area contributed by atoms with Crippen LogP contribution >= 0.6 is 0 Å². The third kappa shape index (κ3) is 4.47. The molecule has 0 aliphatic carbocycles. The van der Waals surface area contributed by atoms with Gasteiger partial charge in [0, 0.05) is 18.5 Å². The number of Topliss-reactive ketones (excluding diaryl/α,β-unsaturated/α-hetero) is 1. The van der Waals surface area contributed by atoms with Gasteiger partial charge in [0.15, 0.2) is 0 Å². The van der Waals surface area contributed by atoms with Gasteiger partial charge < -0.3 is 19.5 Å². The standard InChI is InChI=1S/C30H29NO5/c1-3-35-24-11-7-10-21(18-24)27-26(28(32)22-12-13-25-23(17-22)16-19(2)36-25)29(33)30(34)31(27)15-14-20-8-5-4-6-9-20/h4-13,17-19,27,32H,3,14-16H2,1-2H3/b28-26+/t19-,27-/m0/s1. The number of ketones is 1. The summed E-state index contributed by atoms with van der Waals surface area (Å²) in [5.74, 6) is -0.0460. The van der Waals surface area contributed by atoms with Crippen LogP contribution in [0.25, 0.3) is 5.76 Å². The topological polar surface area (TPSA) is 76.1 Å². The number of likely N-dealkylation sites (tertiary alicyclic amines) is 1. The van der Waals surface area contributed by atoms with Crippen LogP contribution in [0.2, 0.25) is 0 Å². The first-order valence-electron chi connectivity index (χ1n) is 12.3. The molecular weight excluding hydrogens is 454 g/mol. The van der Waals surface area contributed by atoms with Crippen molar-refractivity contribution in [2.45, 2.75) is 38.8 Å². The Bertz CT molecular complexity index is 1330. The van der Waals surface area contributed by atoms with E-state index < -0.39 is 17.7 Å². The number of aliphatic hydroxyl groups is 1. The Morgan fingerprint density at radius 2 is 1.86 bits per heavy atom. The zero-order valence-corrected chi connectivity index (χ0v) is 20.4. The molecular formula is C30H29NO5. The number of aliphatic hydroxyl groups excluding tert-OH is 1. The van der Waals surface area contributed by atoms with E-state index in [4.69, 9.17) is 9.47 Å². The molecule has 0 aromatic heterocycles. The third-order valence-electron chi connectivity index (χ3n) is 6.68. The summed E-state index contributed by atoms with van der Waals surface area (Å²) in [7, 11) is 0. The predicted octanol–water partition coefficient (Wildman–Crippen LogP) is 5.07. The molecule has 1 amide bonds. The van der Waals surface area contributed by atoms with E-state index in [0.29, 0.717) is 36.4 Å². The first-order valence-corrected chi connectivity index (χ1v) is 12.3. The summed E-state index contributed by atoms with van der Waals surface area (Å²) in [6.07, 6.45) is 1.37. The molecule has 0 saturated carbocycles. The fraction of sp³-hybridized carbons (Fsp3) is 0.267. The number of hydrogen-bond donors (Lipinski definition) is 1. The van der Waals surface area contributed by atoms with E-state index >= 15 is 0 Å². The van der Waals surface area contributed by atoms with Gasteiger partial charge in [0.05, 0.1) is 18.2 Å². The van der Waals surface area contributed by atoms with Gasteiger partial charge in [0.1, 0.15) is 23.4 Å². The van der Waals surface area contributed by atoms with Gasteiger partial charge in [0.2, 0.25) is 0 Å². The van der Waals surface area contributed by atoms with E-state index in [9.17, 15) is 14.7 Å². The Morgan fingerprint density at radius 1 is 1.06 bits per heavy atom. The fourth-order valence-corrected chi connectivity index (χ4v) is 5.02. The molecule has 2 atom stereocenters. The van der Waals surface area contributed by atoms with E-state index in [0.717, 1.165) is 23.3 Å². The quantitative estimate of drug-likeness (QED) is 0.288. The molecule has 2 heterocycles. The highest BCUT2D eigenvalue weighted by Gasteiger charge is 2.46. The summed E-state index contributed by atoms with van der Waals surface area (Å²) in [6.45, 7) is 4.72. The zero-order chi connectivity index (χ0) is 25.2. The highest BCUT2D eigenvalue weighted by Crippen LogP contribution is 2.41. The minimum Gasteiger partial charge on any atom is -0.507 e. The number of benzene rings is 3. The van der Waals surface area contributed by atoms with Crippen LogP contribution in [0.5, 0.6) is 11.5 Å². The van der Waals surface area contributed by atoms with Gasteiger partial charge in [-0.25, -0.2) is 0 Å². The van der Waals surface area contributed by atoms with Crippen LogP contribution < -0.4 is 9.47 Å². The Kier molecular flexibility index (Phi) is 6.51. The summed E-state index contributed by atoms with van der Waals surface area (Å²) >= 11 is 0. The average Bonchev–Trinajstić information content (AvgIpc) is 3.38. The second-order valence-corrected chi connectivity index (χ2v) is 9.19. The Labute approximate surface area is 210 Å². The molecule has 1 N–H and O–H groups in total. The minimum atomic E-state index is -0.724. The van der Waals surface area contributed by atoms with Crippen molar-refractivity contribution in [3.63, 3.8) is 0 Å². The number of hydrogen-bond acceptors (Lipinski definition) is 5. The van der Waals surface area contributed by atoms with Crippen molar-refractivity contribution in [3.05, 3.63) is 101 Å². The number of carbonyl (C=O) groups is 2. The highest BCUT2D eigenvalue weighted by molar-refractivity contribution is 6.46. The van der Waals surface area contributed by atoms with Crippen LogP contribution in [-0.2, 0) is 22.4 Å². The van der Waals surface area contributed by atoms with E-state index in [1.54, 1.807) is 11.0 Å². The average molecular weight is 484 g/mol. The SMILES string of the molecule is CCOc1cccc([C@H]2/C(=C(\O)c3ccc4c(c3)C[C@H](C)O4)C(=O)C(=O)N2CCc2ccccc2)c1. The molecule has 0 spiro atoms. The molecule has 6 heteroatoms. The van der Waals surface area contributed by atoms with E-state index in [1.807, 2.05) is 80.6 Å². The van der Waals surface area contributed by atoms with E-state index in [2.05, 4.69) is 0 Å². The smallest absolute Gasteiger partial charge is 0.295 e. The van der Waals surface area contributed by atoms with Crippen LogP contribution in [-0.4, -0.2) is 41.0 Å². The van der Waals surface area contributed by atoms with Gasteiger partial charge in [-0.1, -0.05) is 42.5 Å². The Hall–Kier alpha value is -4.06. The number of carbonyl (C=O) groups excluding carboxylic acids is 2. The Balaban J connectivity index is 1.58. The number of fused-ring (bicyclic) bond motifs is 1. The fourth-order valence-electron chi connectivity index (χ4n) is 5.02. The molecule has 3 aromatic carbocycles. The molecule has 36 heavy (non-hydrogen) atoms. The zero-order valence-electron chi connectivity index (χ0n) is 20.4. The summed E-state index contributed by atoms with van der Waals surface area (Å²) in [5, 5.41) is 11.4. The highest BCUT2D eigenvalue weighted by atomic mass is 16.5. The normalized spacial score (nSPS) is 20.3. The van der Waals surface area contributed by atoms with Crippen molar-refractivity contribution in [2.75, 3.05) is 13.2 Å². The largest absolute Gasteiger partial charge is 0.507 e. The summed E-state index contributed by atoms with van der Waals surface area (Å²) in [6, 6.07) is 21.9. The molecule has 184 valence electrons. The van der Waals surface area contributed by atoms with Crippen LogP contribution in [0.15, 0.2) is 78.4 Å². The van der Waals surface area contributed by atoms with Crippen molar-refractivity contribution in [3.8, 4) is 11.5 Å². The molecule has 1 fully saturated rings. The maximum atomic E-state index is 13.4. The lowest BCUT2D eigenvalue weighted by molar-refractivity contribution is -0.139. The second-order valence-electron chi connectivity index (χ2n) is 9.19. The van der Waals surface area contributed by atoms with Crippen molar-refractivity contribution in [1.82, 2.24) is 4.90 Å². The van der Waals surface area contributed by atoms with Gasteiger partial charge in [-0.05, 0) is 67.3 Å².